The van der Waals surface area contributed by atoms with Crippen LogP contribution in [0.1, 0.15) is 10.4 Å². The summed E-state index contributed by atoms with van der Waals surface area (Å²) < 4.78 is 17.5. The van der Waals surface area contributed by atoms with E-state index >= 15 is 0 Å². The molecule has 0 aliphatic carbocycles. The first-order chi connectivity index (χ1) is 10.1. The molecule has 0 saturated carbocycles. The predicted octanol–water partition coefficient (Wildman–Crippen LogP) is 3.42. The Balaban J connectivity index is 2.09. The number of methoxy groups -OCH3 is 1. The van der Waals surface area contributed by atoms with Crippen molar-refractivity contribution >= 4 is 34.7 Å². The average Bonchev–Trinajstić information content (AvgIpc) is 2.49. The maximum absolute atomic E-state index is 12.8. The van der Waals surface area contributed by atoms with Gasteiger partial charge in [-0.25, -0.2) is 9.18 Å². The summed E-state index contributed by atoms with van der Waals surface area (Å²) in [5.74, 6) is -0.779. The molecule has 0 saturated heterocycles. The van der Waals surface area contributed by atoms with Gasteiger partial charge >= 0.3 is 5.97 Å². The molecule has 0 atom stereocenters. The standard InChI is InChI=1S/C15H13FN2O2S/c1-20-14(19)12-4-2-3-5-13(12)18-15(21)17-11-8-6-10(16)7-9-11/h2-9H,1H3,(H2,17,18,21). The second-order valence-electron chi connectivity index (χ2n) is 4.12. The minimum atomic E-state index is -0.456. The number of anilines is 2. The van der Waals surface area contributed by atoms with Crippen LogP contribution in [-0.2, 0) is 4.74 Å². The Kier molecular flexibility index (Phi) is 4.84. The van der Waals surface area contributed by atoms with Crippen LogP contribution in [0.3, 0.4) is 0 Å². The Morgan fingerprint density at radius 1 is 1.10 bits per heavy atom. The highest BCUT2D eigenvalue weighted by Gasteiger charge is 2.11. The Bertz CT molecular complexity index is 659. The maximum Gasteiger partial charge on any atom is 0.339 e. The lowest BCUT2D eigenvalue weighted by molar-refractivity contribution is 0.0602. The van der Waals surface area contributed by atoms with Gasteiger partial charge in [0.2, 0.25) is 0 Å². The molecule has 0 spiro atoms. The maximum atomic E-state index is 12.8. The van der Waals surface area contributed by atoms with Crippen molar-refractivity contribution in [3.8, 4) is 0 Å². The van der Waals surface area contributed by atoms with Crippen molar-refractivity contribution in [3.05, 3.63) is 59.9 Å². The number of rotatable bonds is 3. The van der Waals surface area contributed by atoms with Gasteiger partial charge in [0, 0.05) is 5.69 Å². The predicted molar refractivity (Wildman–Crippen MR) is 84.0 cm³/mol. The monoisotopic (exact) mass is 304 g/mol. The van der Waals surface area contributed by atoms with Crippen LogP contribution in [0.5, 0.6) is 0 Å². The fourth-order valence-electron chi connectivity index (χ4n) is 1.70. The molecule has 0 bridgehead atoms. The van der Waals surface area contributed by atoms with E-state index in [9.17, 15) is 9.18 Å². The summed E-state index contributed by atoms with van der Waals surface area (Å²) in [6, 6.07) is 12.6. The largest absolute Gasteiger partial charge is 0.465 e. The third-order valence-corrected chi connectivity index (χ3v) is 2.89. The van der Waals surface area contributed by atoms with Gasteiger partial charge in [0.15, 0.2) is 5.11 Å². The quantitative estimate of drug-likeness (QED) is 0.672. The smallest absolute Gasteiger partial charge is 0.339 e. The van der Waals surface area contributed by atoms with Crippen LogP contribution in [-0.4, -0.2) is 18.2 Å². The Labute approximate surface area is 126 Å². The summed E-state index contributed by atoms with van der Waals surface area (Å²) in [4.78, 5) is 11.6. The molecule has 0 fully saturated rings. The third kappa shape index (κ3) is 4.00. The molecule has 21 heavy (non-hydrogen) atoms. The van der Waals surface area contributed by atoms with Crippen LogP contribution in [0, 0.1) is 5.82 Å². The summed E-state index contributed by atoms with van der Waals surface area (Å²) in [5.41, 5.74) is 1.55. The van der Waals surface area contributed by atoms with Gasteiger partial charge in [-0.3, -0.25) is 0 Å². The van der Waals surface area contributed by atoms with Crippen molar-refractivity contribution < 1.29 is 13.9 Å². The van der Waals surface area contributed by atoms with Crippen molar-refractivity contribution in [1.82, 2.24) is 0 Å². The number of nitrogens with one attached hydrogen (secondary N) is 2. The Morgan fingerprint density at radius 3 is 2.43 bits per heavy atom. The molecule has 2 aromatic carbocycles. The lowest BCUT2D eigenvalue weighted by Crippen LogP contribution is -2.20. The van der Waals surface area contributed by atoms with Crippen LogP contribution in [0.4, 0.5) is 15.8 Å². The molecule has 0 aliphatic rings. The van der Waals surface area contributed by atoms with Crippen LogP contribution in [0.25, 0.3) is 0 Å². The van der Waals surface area contributed by atoms with E-state index in [1.807, 2.05) is 0 Å². The summed E-state index contributed by atoms with van der Waals surface area (Å²) in [6.07, 6.45) is 0. The van der Waals surface area contributed by atoms with Gasteiger partial charge in [-0.05, 0) is 48.6 Å². The highest BCUT2D eigenvalue weighted by atomic mass is 32.1. The number of benzene rings is 2. The lowest BCUT2D eigenvalue weighted by atomic mass is 10.2. The summed E-state index contributed by atoms with van der Waals surface area (Å²) in [6.45, 7) is 0. The molecule has 2 rings (SSSR count). The van der Waals surface area contributed by atoms with Crippen molar-refractivity contribution in [1.29, 1.82) is 0 Å². The van der Waals surface area contributed by atoms with Crippen LogP contribution in [0.2, 0.25) is 0 Å². The average molecular weight is 304 g/mol. The van der Waals surface area contributed by atoms with Gasteiger partial charge in [-0.15, -0.1) is 0 Å². The van der Waals surface area contributed by atoms with E-state index < -0.39 is 5.97 Å². The van der Waals surface area contributed by atoms with Gasteiger partial charge in [0.1, 0.15) is 5.82 Å². The lowest BCUT2D eigenvalue weighted by Gasteiger charge is -2.13. The molecule has 4 nitrogen and oxygen atoms in total. The highest BCUT2D eigenvalue weighted by Crippen LogP contribution is 2.17. The molecule has 6 heteroatoms. The van der Waals surface area contributed by atoms with Gasteiger partial charge in [0.05, 0.1) is 18.4 Å². The fraction of sp³-hybridized carbons (Fsp3) is 0.0667. The molecule has 0 aliphatic heterocycles. The number of esters is 1. The molecular weight excluding hydrogens is 291 g/mol. The topological polar surface area (TPSA) is 50.4 Å². The molecule has 2 N–H and O–H groups in total. The van der Waals surface area contributed by atoms with E-state index in [-0.39, 0.29) is 10.9 Å². The molecule has 0 amide bonds. The minimum absolute atomic E-state index is 0.290. The molecule has 0 unspecified atom stereocenters. The van der Waals surface area contributed by atoms with Crippen molar-refractivity contribution in [3.63, 3.8) is 0 Å². The first-order valence-electron chi connectivity index (χ1n) is 6.11. The minimum Gasteiger partial charge on any atom is -0.465 e. The SMILES string of the molecule is COC(=O)c1ccccc1NC(=S)Nc1ccc(F)cc1. The number of halogens is 1. The van der Waals surface area contributed by atoms with Crippen LogP contribution < -0.4 is 10.6 Å². The molecule has 2 aromatic rings. The first kappa shape index (κ1) is 14.9. The number of para-hydroxylation sites is 1. The molecule has 108 valence electrons. The van der Waals surface area contributed by atoms with Crippen molar-refractivity contribution in [2.45, 2.75) is 0 Å². The van der Waals surface area contributed by atoms with Crippen LogP contribution >= 0.6 is 12.2 Å². The second-order valence-corrected chi connectivity index (χ2v) is 4.53. The number of ether oxygens (including phenoxy) is 1. The third-order valence-electron chi connectivity index (χ3n) is 2.68. The number of carbonyl (C=O) groups excluding carboxylic acids is 1. The Morgan fingerprint density at radius 2 is 1.76 bits per heavy atom. The normalized spacial score (nSPS) is 9.81. The van der Waals surface area contributed by atoms with Gasteiger partial charge in [-0.2, -0.15) is 0 Å². The van der Waals surface area contributed by atoms with Gasteiger partial charge in [0.25, 0.3) is 0 Å². The summed E-state index contributed by atoms with van der Waals surface area (Å²) in [7, 11) is 1.31. The fourth-order valence-corrected chi connectivity index (χ4v) is 1.93. The summed E-state index contributed by atoms with van der Waals surface area (Å²) >= 11 is 5.17. The first-order valence-corrected chi connectivity index (χ1v) is 6.52. The number of hydrogen-bond donors (Lipinski definition) is 2. The van der Waals surface area contributed by atoms with E-state index in [0.29, 0.717) is 16.9 Å². The molecule has 0 radical (unpaired) electrons. The van der Waals surface area contributed by atoms with E-state index in [2.05, 4.69) is 10.6 Å². The van der Waals surface area contributed by atoms with Gasteiger partial charge < -0.3 is 15.4 Å². The van der Waals surface area contributed by atoms with E-state index in [1.54, 1.807) is 36.4 Å². The van der Waals surface area contributed by atoms with E-state index in [4.69, 9.17) is 17.0 Å². The van der Waals surface area contributed by atoms with E-state index in [1.165, 1.54) is 19.2 Å². The number of carbonyl (C=O) groups is 1. The molecule has 0 aromatic heterocycles. The second kappa shape index (κ2) is 6.81. The van der Waals surface area contributed by atoms with Crippen molar-refractivity contribution in [2.24, 2.45) is 0 Å². The van der Waals surface area contributed by atoms with Crippen LogP contribution in [0.15, 0.2) is 48.5 Å². The zero-order chi connectivity index (χ0) is 15.2. The Hall–Kier alpha value is -2.47. The summed E-state index contributed by atoms with van der Waals surface area (Å²) in [5, 5.41) is 6.11. The number of hydrogen-bond acceptors (Lipinski definition) is 3. The van der Waals surface area contributed by atoms with Gasteiger partial charge in [-0.1, -0.05) is 12.1 Å². The number of thiocarbonyl (C=S) groups is 1. The van der Waals surface area contributed by atoms with Crippen molar-refractivity contribution in [2.75, 3.05) is 17.7 Å². The molecule has 0 heterocycles. The van der Waals surface area contributed by atoms with E-state index in [0.717, 1.165) is 0 Å². The zero-order valence-electron chi connectivity index (χ0n) is 11.2. The zero-order valence-corrected chi connectivity index (χ0v) is 12.0. The molecular formula is C15H13FN2O2S. The highest BCUT2D eigenvalue weighted by molar-refractivity contribution is 7.80.